The molecule has 2 N–H and O–H groups in total. The van der Waals surface area contributed by atoms with Gasteiger partial charge < -0.3 is 10.2 Å². The van der Waals surface area contributed by atoms with Gasteiger partial charge in [-0.05, 0) is 44.4 Å². The SMILES string of the molecule is C[C@@H]1CCCC[NH+]1CC(=O)Nc1cc(Cl)cc(Cl)c1. The molecule has 3 nitrogen and oxygen atoms in total. The summed E-state index contributed by atoms with van der Waals surface area (Å²) in [5.41, 5.74) is 0.659. The van der Waals surface area contributed by atoms with E-state index in [1.54, 1.807) is 18.2 Å². The predicted octanol–water partition coefficient (Wildman–Crippen LogP) is 2.39. The van der Waals surface area contributed by atoms with Crippen molar-refractivity contribution < 1.29 is 9.69 Å². The number of rotatable bonds is 3. The molecule has 0 aliphatic carbocycles. The van der Waals surface area contributed by atoms with Gasteiger partial charge in [0.1, 0.15) is 0 Å². The van der Waals surface area contributed by atoms with Gasteiger partial charge in [0.2, 0.25) is 0 Å². The second-order valence-corrected chi connectivity index (χ2v) is 6.06. The Morgan fingerprint density at radius 3 is 2.63 bits per heavy atom. The van der Waals surface area contributed by atoms with Gasteiger partial charge >= 0.3 is 0 Å². The third-order valence-corrected chi connectivity index (χ3v) is 4.05. The molecule has 0 saturated carbocycles. The van der Waals surface area contributed by atoms with Gasteiger partial charge in [0.25, 0.3) is 5.91 Å². The van der Waals surface area contributed by atoms with Gasteiger partial charge in [-0.25, -0.2) is 0 Å². The summed E-state index contributed by atoms with van der Waals surface area (Å²) >= 11 is 11.8. The summed E-state index contributed by atoms with van der Waals surface area (Å²) in [5.74, 6) is 0.0158. The van der Waals surface area contributed by atoms with Crippen LogP contribution in [-0.2, 0) is 4.79 Å². The highest BCUT2D eigenvalue weighted by molar-refractivity contribution is 6.35. The number of likely N-dealkylation sites (tertiary alicyclic amines) is 1. The van der Waals surface area contributed by atoms with Crippen LogP contribution in [-0.4, -0.2) is 25.0 Å². The third kappa shape index (κ3) is 4.37. The minimum atomic E-state index is 0.0158. The maximum absolute atomic E-state index is 12.0. The molecule has 1 aliphatic rings. The van der Waals surface area contributed by atoms with Crippen molar-refractivity contribution in [2.75, 3.05) is 18.4 Å². The Labute approximate surface area is 123 Å². The van der Waals surface area contributed by atoms with Gasteiger partial charge in [0.15, 0.2) is 6.54 Å². The van der Waals surface area contributed by atoms with Crippen LogP contribution in [0, 0.1) is 0 Å². The van der Waals surface area contributed by atoms with E-state index >= 15 is 0 Å². The monoisotopic (exact) mass is 301 g/mol. The van der Waals surface area contributed by atoms with Crippen molar-refractivity contribution in [2.45, 2.75) is 32.2 Å². The molecule has 1 amide bonds. The first kappa shape index (κ1) is 14.6. The van der Waals surface area contributed by atoms with Crippen molar-refractivity contribution in [3.63, 3.8) is 0 Å². The number of quaternary nitrogens is 1. The van der Waals surface area contributed by atoms with E-state index < -0.39 is 0 Å². The number of halogens is 2. The Bertz CT molecular complexity index is 445. The molecular weight excluding hydrogens is 283 g/mol. The van der Waals surface area contributed by atoms with E-state index in [-0.39, 0.29) is 5.91 Å². The van der Waals surface area contributed by atoms with Crippen LogP contribution in [0.25, 0.3) is 0 Å². The molecule has 5 heteroatoms. The van der Waals surface area contributed by atoms with Crippen molar-refractivity contribution in [1.82, 2.24) is 0 Å². The molecule has 104 valence electrons. The van der Waals surface area contributed by atoms with Gasteiger partial charge in [0, 0.05) is 15.7 Å². The fourth-order valence-corrected chi connectivity index (χ4v) is 3.08. The number of carbonyl (C=O) groups is 1. The van der Waals surface area contributed by atoms with Crippen LogP contribution >= 0.6 is 23.2 Å². The number of piperidine rings is 1. The summed E-state index contributed by atoms with van der Waals surface area (Å²) in [7, 11) is 0. The molecule has 0 spiro atoms. The van der Waals surface area contributed by atoms with Crippen LogP contribution in [0.3, 0.4) is 0 Å². The summed E-state index contributed by atoms with van der Waals surface area (Å²) in [5, 5.41) is 3.92. The zero-order valence-electron chi connectivity index (χ0n) is 11.0. The van der Waals surface area contributed by atoms with Crippen molar-refractivity contribution in [2.24, 2.45) is 0 Å². The highest BCUT2D eigenvalue weighted by atomic mass is 35.5. The van der Waals surface area contributed by atoms with E-state index in [0.29, 0.717) is 28.3 Å². The lowest BCUT2D eigenvalue weighted by molar-refractivity contribution is -0.920. The Kier molecular flexibility index (Phi) is 5.08. The zero-order valence-corrected chi connectivity index (χ0v) is 12.5. The number of carbonyl (C=O) groups excluding carboxylic acids is 1. The highest BCUT2D eigenvalue weighted by Gasteiger charge is 2.24. The first-order valence-corrected chi connectivity index (χ1v) is 7.41. The van der Waals surface area contributed by atoms with Gasteiger partial charge in [0.05, 0.1) is 12.6 Å². The molecule has 1 heterocycles. The summed E-state index contributed by atoms with van der Waals surface area (Å²) < 4.78 is 0. The summed E-state index contributed by atoms with van der Waals surface area (Å²) in [6.07, 6.45) is 3.68. The maximum atomic E-state index is 12.0. The highest BCUT2D eigenvalue weighted by Crippen LogP contribution is 2.22. The van der Waals surface area contributed by atoms with Crippen LogP contribution in [0.15, 0.2) is 18.2 Å². The Balaban J connectivity index is 1.93. The maximum Gasteiger partial charge on any atom is 0.279 e. The van der Waals surface area contributed by atoms with Crippen LogP contribution < -0.4 is 10.2 Å². The average molecular weight is 302 g/mol. The minimum Gasteiger partial charge on any atom is -0.325 e. The number of hydrogen-bond acceptors (Lipinski definition) is 1. The lowest BCUT2D eigenvalue weighted by Crippen LogP contribution is -3.17. The zero-order chi connectivity index (χ0) is 13.8. The number of amides is 1. The molecule has 0 aromatic heterocycles. The number of anilines is 1. The smallest absolute Gasteiger partial charge is 0.279 e. The first-order valence-electron chi connectivity index (χ1n) is 6.65. The molecule has 0 radical (unpaired) electrons. The topological polar surface area (TPSA) is 33.5 Å². The second-order valence-electron chi connectivity index (χ2n) is 5.19. The van der Waals surface area contributed by atoms with Crippen LogP contribution in [0.5, 0.6) is 0 Å². The van der Waals surface area contributed by atoms with Crippen LogP contribution in [0.4, 0.5) is 5.69 Å². The standard InChI is InChI=1S/C14H18Cl2N2O/c1-10-4-2-3-5-18(10)9-14(19)17-13-7-11(15)6-12(16)8-13/h6-8,10H,2-5,9H2,1H3,(H,17,19)/p+1/t10-/m1/s1. The number of hydrogen-bond donors (Lipinski definition) is 2. The van der Waals surface area contributed by atoms with Crippen LogP contribution in [0.2, 0.25) is 10.0 Å². The van der Waals surface area contributed by atoms with E-state index in [1.807, 2.05) is 0 Å². The van der Waals surface area contributed by atoms with E-state index in [0.717, 1.165) is 6.54 Å². The van der Waals surface area contributed by atoms with E-state index in [2.05, 4.69) is 12.2 Å². The molecular formula is C14H19Cl2N2O+. The fourth-order valence-electron chi connectivity index (χ4n) is 2.55. The second kappa shape index (κ2) is 6.60. The number of nitrogens with one attached hydrogen (secondary N) is 2. The lowest BCUT2D eigenvalue weighted by Gasteiger charge is -2.29. The Morgan fingerprint density at radius 1 is 1.32 bits per heavy atom. The molecule has 1 aromatic rings. The predicted molar refractivity (Wildman–Crippen MR) is 79.1 cm³/mol. The van der Waals surface area contributed by atoms with E-state index in [9.17, 15) is 4.79 Å². The van der Waals surface area contributed by atoms with Crippen molar-refractivity contribution in [3.8, 4) is 0 Å². The van der Waals surface area contributed by atoms with Crippen molar-refractivity contribution >= 4 is 34.8 Å². The Morgan fingerprint density at radius 2 is 2.00 bits per heavy atom. The van der Waals surface area contributed by atoms with Gasteiger partial charge in [-0.3, -0.25) is 4.79 Å². The van der Waals surface area contributed by atoms with Gasteiger partial charge in [-0.2, -0.15) is 0 Å². The lowest BCUT2D eigenvalue weighted by atomic mass is 10.0. The third-order valence-electron chi connectivity index (χ3n) is 3.62. The molecule has 1 aliphatic heterocycles. The molecule has 2 atom stereocenters. The minimum absolute atomic E-state index is 0.0158. The Hall–Kier alpha value is -0.770. The largest absolute Gasteiger partial charge is 0.325 e. The molecule has 2 rings (SSSR count). The normalized spacial score (nSPS) is 23.1. The molecule has 0 bridgehead atoms. The molecule has 1 fully saturated rings. The van der Waals surface area contributed by atoms with Crippen LogP contribution in [0.1, 0.15) is 26.2 Å². The summed E-state index contributed by atoms with van der Waals surface area (Å²) in [6, 6.07) is 5.62. The van der Waals surface area contributed by atoms with Crippen molar-refractivity contribution in [1.29, 1.82) is 0 Å². The fraction of sp³-hybridized carbons (Fsp3) is 0.500. The summed E-state index contributed by atoms with van der Waals surface area (Å²) in [4.78, 5) is 13.4. The van der Waals surface area contributed by atoms with Gasteiger partial charge in [-0.1, -0.05) is 23.2 Å². The molecule has 19 heavy (non-hydrogen) atoms. The summed E-state index contributed by atoms with van der Waals surface area (Å²) in [6.45, 7) is 3.79. The first-order chi connectivity index (χ1) is 9.04. The van der Waals surface area contributed by atoms with Crippen molar-refractivity contribution in [3.05, 3.63) is 28.2 Å². The molecule has 1 unspecified atom stereocenters. The molecule has 1 saturated heterocycles. The average Bonchev–Trinajstić information content (AvgIpc) is 2.30. The molecule has 1 aromatic carbocycles. The number of benzene rings is 1. The van der Waals surface area contributed by atoms with Gasteiger partial charge in [-0.15, -0.1) is 0 Å². The quantitative estimate of drug-likeness (QED) is 0.883. The van der Waals surface area contributed by atoms with E-state index in [4.69, 9.17) is 23.2 Å². The van der Waals surface area contributed by atoms with E-state index in [1.165, 1.54) is 24.2 Å².